The Balaban J connectivity index is 2.30. The molecule has 2 aromatic rings. The quantitative estimate of drug-likeness (QED) is 0.927. The van der Waals surface area contributed by atoms with Gasteiger partial charge in [-0.3, -0.25) is 9.71 Å². The number of halogens is 1. The first-order valence-electron chi connectivity index (χ1n) is 5.18. The Kier molecular flexibility index (Phi) is 3.29. The van der Waals surface area contributed by atoms with Gasteiger partial charge in [-0.2, -0.15) is 0 Å². The van der Waals surface area contributed by atoms with Crippen molar-refractivity contribution in [3.05, 3.63) is 54.1 Å². The van der Waals surface area contributed by atoms with E-state index in [0.29, 0.717) is 5.69 Å². The lowest BCUT2D eigenvalue weighted by Crippen LogP contribution is -2.13. The van der Waals surface area contributed by atoms with Gasteiger partial charge in [0.15, 0.2) is 0 Å². The lowest BCUT2D eigenvalue weighted by Gasteiger charge is -2.07. The molecule has 1 N–H and O–H groups in total. The van der Waals surface area contributed by atoms with Crippen LogP contribution in [0, 0.1) is 12.7 Å². The van der Waals surface area contributed by atoms with E-state index in [4.69, 9.17) is 0 Å². The van der Waals surface area contributed by atoms with Crippen LogP contribution in [0.1, 0.15) is 5.69 Å². The average Bonchev–Trinajstić information content (AvgIpc) is 2.32. The minimum Gasteiger partial charge on any atom is -0.278 e. The number of sulfonamides is 1. The second-order valence-electron chi connectivity index (χ2n) is 3.75. The van der Waals surface area contributed by atoms with Gasteiger partial charge in [-0.1, -0.05) is 6.07 Å². The summed E-state index contributed by atoms with van der Waals surface area (Å²) < 4.78 is 39.2. The van der Waals surface area contributed by atoms with E-state index in [0.717, 1.165) is 11.8 Å². The smallest absolute Gasteiger partial charge is 0.262 e. The van der Waals surface area contributed by atoms with Crippen LogP contribution < -0.4 is 4.72 Å². The van der Waals surface area contributed by atoms with Gasteiger partial charge in [0, 0.05) is 5.69 Å². The Morgan fingerprint density at radius 2 is 2.00 bits per heavy atom. The number of aryl methyl sites for hydroxylation is 1. The van der Waals surface area contributed by atoms with Gasteiger partial charge in [0.1, 0.15) is 5.82 Å². The summed E-state index contributed by atoms with van der Waals surface area (Å²) in [6.07, 6.45) is 1.41. The third-order valence-electron chi connectivity index (χ3n) is 2.27. The molecule has 0 radical (unpaired) electrons. The minimum atomic E-state index is -3.78. The largest absolute Gasteiger partial charge is 0.278 e. The lowest BCUT2D eigenvalue weighted by atomic mass is 10.3. The Bertz CT molecular complexity index is 654. The number of anilines is 1. The van der Waals surface area contributed by atoms with Crippen molar-refractivity contribution >= 4 is 15.7 Å². The van der Waals surface area contributed by atoms with Crippen molar-refractivity contribution in [1.29, 1.82) is 0 Å². The van der Waals surface area contributed by atoms with Crippen molar-refractivity contribution in [2.24, 2.45) is 0 Å². The zero-order chi connectivity index (χ0) is 13.2. The molecule has 0 fully saturated rings. The molecule has 0 aliphatic rings. The first kappa shape index (κ1) is 12.5. The molecule has 4 nitrogen and oxygen atoms in total. The molecular formula is C12H11FN2O2S. The van der Waals surface area contributed by atoms with E-state index in [2.05, 4.69) is 9.71 Å². The van der Waals surface area contributed by atoms with Crippen molar-refractivity contribution in [2.75, 3.05) is 4.72 Å². The number of hydrogen-bond acceptors (Lipinski definition) is 3. The molecule has 0 amide bonds. The maximum atomic E-state index is 13.0. The number of benzene rings is 1. The van der Waals surface area contributed by atoms with E-state index in [9.17, 15) is 12.8 Å². The van der Waals surface area contributed by atoms with Gasteiger partial charge in [0.2, 0.25) is 0 Å². The maximum absolute atomic E-state index is 13.0. The van der Waals surface area contributed by atoms with Crippen molar-refractivity contribution in [2.45, 2.75) is 11.8 Å². The molecule has 0 spiro atoms. The molecular weight excluding hydrogens is 255 g/mol. The van der Waals surface area contributed by atoms with Gasteiger partial charge >= 0.3 is 0 Å². The topological polar surface area (TPSA) is 59.1 Å². The molecule has 6 heteroatoms. The molecule has 0 bridgehead atoms. The number of pyridine rings is 1. The molecule has 1 aromatic heterocycles. The SMILES string of the molecule is Cc1ccc(NS(=O)(=O)c2cccc(F)c2)cn1. The standard InChI is InChI=1S/C12H11FN2O2S/c1-9-5-6-11(8-14-9)15-18(16,17)12-4-2-3-10(13)7-12/h2-8,15H,1H3. The van der Waals surface area contributed by atoms with Crippen LogP contribution in [0.5, 0.6) is 0 Å². The molecule has 2 rings (SSSR count). The maximum Gasteiger partial charge on any atom is 0.262 e. The van der Waals surface area contributed by atoms with Crippen LogP contribution in [0.3, 0.4) is 0 Å². The van der Waals surface area contributed by atoms with E-state index in [1.165, 1.54) is 24.4 Å². The Labute approximate surface area is 105 Å². The van der Waals surface area contributed by atoms with E-state index >= 15 is 0 Å². The highest BCUT2D eigenvalue weighted by Gasteiger charge is 2.14. The molecule has 0 aliphatic carbocycles. The van der Waals surface area contributed by atoms with E-state index in [1.54, 1.807) is 19.1 Å². The zero-order valence-corrected chi connectivity index (χ0v) is 10.4. The summed E-state index contributed by atoms with van der Waals surface area (Å²) in [5.74, 6) is -0.597. The molecule has 18 heavy (non-hydrogen) atoms. The fourth-order valence-corrected chi connectivity index (χ4v) is 2.45. The number of rotatable bonds is 3. The Morgan fingerprint density at radius 1 is 1.22 bits per heavy atom. The third-order valence-corrected chi connectivity index (χ3v) is 3.65. The summed E-state index contributed by atoms with van der Waals surface area (Å²) >= 11 is 0. The number of nitrogens with zero attached hydrogens (tertiary/aromatic N) is 1. The fraction of sp³-hybridized carbons (Fsp3) is 0.0833. The summed E-state index contributed by atoms with van der Waals surface area (Å²) in [6, 6.07) is 8.10. The fourth-order valence-electron chi connectivity index (χ4n) is 1.38. The second kappa shape index (κ2) is 4.73. The summed E-state index contributed by atoms with van der Waals surface area (Å²) in [5.41, 5.74) is 1.12. The normalized spacial score (nSPS) is 11.2. The minimum absolute atomic E-state index is 0.122. The molecule has 0 atom stereocenters. The molecule has 0 saturated carbocycles. The lowest BCUT2D eigenvalue weighted by molar-refractivity contribution is 0.595. The van der Waals surface area contributed by atoms with E-state index in [1.807, 2.05) is 0 Å². The molecule has 94 valence electrons. The second-order valence-corrected chi connectivity index (χ2v) is 5.43. The highest BCUT2D eigenvalue weighted by atomic mass is 32.2. The molecule has 0 saturated heterocycles. The van der Waals surface area contributed by atoms with Crippen molar-refractivity contribution in [3.63, 3.8) is 0 Å². The van der Waals surface area contributed by atoms with Crippen LogP contribution >= 0.6 is 0 Å². The monoisotopic (exact) mass is 266 g/mol. The molecule has 0 aliphatic heterocycles. The molecule has 1 aromatic carbocycles. The summed E-state index contributed by atoms with van der Waals surface area (Å²) in [6.45, 7) is 1.80. The first-order valence-corrected chi connectivity index (χ1v) is 6.67. The molecule has 1 heterocycles. The summed E-state index contributed by atoms with van der Waals surface area (Å²) in [7, 11) is -3.78. The van der Waals surface area contributed by atoms with E-state index in [-0.39, 0.29) is 4.90 Å². The van der Waals surface area contributed by atoms with Crippen molar-refractivity contribution in [3.8, 4) is 0 Å². The van der Waals surface area contributed by atoms with Gasteiger partial charge in [-0.25, -0.2) is 12.8 Å². The van der Waals surface area contributed by atoms with Crippen LogP contribution in [0.2, 0.25) is 0 Å². The van der Waals surface area contributed by atoms with Crippen LogP contribution in [-0.2, 0) is 10.0 Å². The highest BCUT2D eigenvalue weighted by molar-refractivity contribution is 7.92. The van der Waals surface area contributed by atoms with Gasteiger partial charge < -0.3 is 0 Å². The zero-order valence-electron chi connectivity index (χ0n) is 9.59. The Hall–Kier alpha value is -1.95. The predicted octanol–water partition coefficient (Wildman–Crippen LogP) is 2.33. The van der Waals surface area contributed by atoms with Crippen molar-refractivity contribution < 1.29 is 12.8 Å². The first-order chi connectivity index (χ1) is 8.47. The van der Waals surface area contributed by atoms with Crippen molar-refractivity contribution in [1.82, 2.24) is 4.98 Å². The number of hydrogen-bond donors (Lipinski definition) is 1. The Morgan fingerprint density at radius 3 is 2.61 bits per heavy atom. The van der Waals surface area contributed by atoms with Crippen LogP contribution in [0.25, 0.3) is 0 Å². The predicted molar refractivity (Wildman–Crippen MR) is 66.2 cm³/mol. The van der Waals surface area contributed by atoms with Crippen LogP contribution in [0.15, 0.2) is 47.5 Å². The number of nitrogens with one attached hydrogen (secondary N) is 1. The van der Waals surface area contributed by atoms with Gasteiger partial charge in [-0.05, 0) is 37.3 Å². The van der Waals surface area contributed by atoms with Gasteiger partial charge in [-0.15, -0.1) is 0 Å². The average molecular weight is 266 g/mol. The highest BCUT2D eigenvalue weighted by Crippen LogP contribution is 2.16. The van der Waals surface area contributed by atoms with E-state index < -0.39 is 15.8 Å². The number of aromatic nitrogens is 1. The summed E-state index contributed by atoms with van der Waals surface area (Å²) in [4.78, 5) is 3.85. The third kappa shape index (κ3) is 2.84. The summed E-state index contributed by atoms with van der Waals surface area (Å²) in [5, 5.41) is 0. The van der Waals surface area contributed by atoms with Crippen LogP contribution in [0.4, 0.5) is 10.1 Å². The van der Waals surface area contributed by atoms with Gasteiger partial charge in [0.25, 0.3) is 10.0 Å². The van der Waals surface area contributed by atoms with Crippen LogP contribution in [-0.4, -0.2) is 13.4 Å². The van der Waals surface area contributed by atoms with Gasteiger partial charge in [0.05, 0.1) is 16.8 Å². The molecule has 0 unspecified atom stereocenters.